The number of amides is 2. The maximum Gasteiger partial charge on any atom is 0.416 e. The molecule has 2 heterocycles. The van der Waals surface area contributed by atoms with Gasteiger partial charge in [0.05, 0.1) is 11.3 Å². The number of anilines is 1. The lowest BCUT2D eigenvalue weighted by atomic mass is 10.1. The van der Waals surface area contributed by atoms with Crippen molar-refractivity contribution in [1.29, 1.82) is 0 Å². The molecule has 6 nitrogen and oxygen atoms in total. The van der Waals surface area contributed by atoms with Crippen LogP contribution in [0.5, 0.6) is 5.75 Å². The molecule has 10 heteroatoms. The van der Waals surface area contributed by atoms with Crippen molar-refractivity contribution in [2.45, 2.75) is 12.7 Å². The zero-order valence-corrected chi connectivity index (χ0v) is 17.8. The van der Waals surface area contributed by atoms with Crippen LogP contribution < -0.4 is 9.64 Å². The second-order valence-corrected chi connectivity index (χ2v) is 8.17. The number of alkyl halides is 3. The molecule has 2 aromatic rings. The third-order valence-electron chi connectivity index (χ3n) is 5.57. The fourth-order valence-electron chi connectivity index (χ4n) is 3.80. The Morgan fingerprint density at radius 1 is 1.03 bits per heavy atom. The van der Waals surface area contributed by atoms with Gasteiger partial charge in [0.2, 0.25) is 5.91 Å². The quantitative estimate of drug-likeness (QED) is 0.691. The van der Waals surface area contributed by atoms with Crippen LogP contribution in [0.4, 0.5) is 18.9 Å². The van der Waals surface area contributed by atoms with E-state index in [1.165, 1.54) is 17.0 Å². The third-order valence-corrected chi connectivity index (χ3v) is 5.80. The zero-order valence-electron chi connectivity index (χ0n) is 17.1. The first-order valence-electron chi connectivity index (χ1n) is 10.1. The van der Waals surface area contributed by atoms with Gasteiger partial charge in [0.15, 0.2) is 6.61 Å². The van der Waals surface area contributed by atoms with E-state index in [2.05, 4.69) is 4.90 Å². The van der Waals surface area contributed by atoms with Gasteiger partial charge in [-0.2, -0.15) is 13.2 Å². The minimum atomic E-state index is -4.35. The average Bonchev–Trinajstić information content (AvgIpc) is 2.76. The fourth-order valence-corrected chi connectivity index (χ4v) is 3.96. The van der Waals surface area contributed by atoms with Crippen molar-refractivity contribution in [1.82, 2.24) is 9.80 Å². The van der Waals surface area contributed by atoms with Crippen molar-refractivity contribution in [3.63, 3.8) is 0 Å². The van der Waals surface area contributed by atoms with Gasteiger partial charge in [-0.15, -0.1) is 0 Å². The standard InChI is InChI=1S/C22H21ClF3N3O3/c23-17-5-6-19-18(11-17)29(21(31)14-32-19)13-20(30)28-9-7-27(8-10-28)12-15-1-3-16(4-2-15)22(24,25)26/h1-6,11H,7-10,12-14H2. The second-order valence-electron chi connectivity index (χ2n) is 7.73. The molecule has 0 radical (unpaired) electrons. The summed E-state index contributed by atoms with van der Waals surface area (Å²) in [6.45, 7) is 2.39. The molecule has 0 spiro atoms. The topological polar surface area (TPSA) is 53.1 Å². The van der Waals surface area contributed by atoms with E-state index in [-0.39, 0.29) is 25.0 Å². The molecule has 2 aliphatic rings. The Hall–Kier alpha value is -2.78. The molecule has 2 aromatic carbocycles. The van der Waals surface area contributed by atoms with E-state index in [4.69, 9.17) is 16.3 Å². The number of fused-ring (bicyclic) bond motifs is 1. The van der Waals surface area contributed by atoms with Gasteiger partial charge in [0.1, 0.15) is 12.3 Å². The van der Waals surface area contributed by atoms with Gasteiger partial charge in [-0.25, -0.2) is 0 Å². The van der Waals surface area contributed by atoms with Crippen LogP contribution in [0.1, 0.15) is 11.1 Å². The van der Waals surface area contributed by atoms with Crippen molar-refractivity contribution < 1.29 is 27.5 Å². The summed E-state index contributed by atoms with van der Waals surface area (Å²) in [5.41, 5.74) is 0.588. The highest BCUT2D eigenvalue weighted by atomic mass is 35.5. The Bertz CT molecular complexity index is 1010. The number of piperazine rings is 1. The molecule has 170 valence electrons. The molecular weight excluding hydrogens is 447 g/mol. The van der Waals surface area contributed by atoms with E-state index < -0.39 is 11.7 Å². The van der Waals surface area contributed by atoms with Gasteiger partial charge < -0.3 is 9.64 Å². The summed E-state index contributed by atoms with van der Waals surface area (Å²) in [4.78, 5) is 30.3. The minimum absolute atomic E-state index is 0.103. The lowest BCUT2D eigenvalue weighted by molar-refractivity contribution is -0.137. The van der Waals surface area contributed by atoms with Gasteiger partial charge in [-0.05, 0) is 35.9 Å². The SMILES string of the molecule is O=C(CN1C(=O)COc2ccc(Cl)cc21)N1CCN(Cc2ccc(C(F)(F)F)cc2)CC1. The molecule has 0 N–H and O–H groups in total. The molecule has 0 aromatic heterocycles. The molecule has 4 rings (SSSR count). The van der Waals surface area contributed by atoms with E-state index in [9.17, 15) is 22.8 Å². The van der Waals surface area contributed by atoms with Crippen LogP contribution in [-0.2, 0) is 22.3 Å². The predicted octanol–water partition coefficient (Wildman–Crippen LogP) is 3.43. The lowest BCUT2D eigenvalue weighted by Gasteiger charge is -2.36. The van der Waals surface area contributed by atoms with Crippen LogP contribution in [0.25, 0.3) is 0 Å². The summed E-state index contributed by atoms with van der Waals surface area (Å²) in [5.74, 6) is 0.0116. The van der Waals surface area contributed by atoms with Crippen LogP contribution in [0.3, 0.4) is 0 Å². The number of carbonyl (C=O) groups is 2. The van der Waals surface area contributed by atoms with E-state index in [1.54, 1.807) is 23.1 Å². The first kappa shape index (κ1) is 22.4. The molecule has 32 heavy (non-hydrogen) atoms. The summed E-state index contributed by atoms with van der Waals surface area (Å²) in [7, 11) is 0. The number of nitrogens with zero attached hydrogens (tertiary/aromatic N) is 3. The molecule has 0 atom stereocenters. The van der Waals surface area contributed by atoms with E-state index in [1.807, 2.05) is 0 Å². The number of benzene rings is 2. The van der Waals surface area contributed by atoms with Crippen LogP contribution in [-0.4, -0.2) is 60.9 Å². The highest BCUT2D eigenvalue weighted by molar-refractivity contribution is 6.31. The number of ether oxygens (including phenoxy) is 1. The Morgan fingerprint density at radius 2 is 1.72 bits per heavy atom. The zero-order chi connectivity index (χ0) is 22.9. The Labute approximate surface area is 188 Å². The molecule has 1 saturated heterocycles. The molecule has 1 fully saturated rings. The summed E-state index contributed by atoms with van der Waals surface area (Å²) < 4.78 is 43.5. The van der Waals surface area contributed by atoms with Crippen molar-refractivity contribution >= 4 is 29.1 Å². The summed E-state index contributed by atoms with van der Waals surface area (Å²) in [6.07, 6.45) is -4.35. The van der Waals surface area contributed by atoms with Crippen LogP contribution >= 0.6 is 11.6 Å². The van der Waals surface area contributed by atoms with Gasteiger partial charge in [0.25, 0.3) is 5.91 Å². The maximum absolute atomic E-state index is 12.8. The largest absolute Gasteiger partial charge is 0.482 e. The van der Waals surface area contributed by atoms with Crippen molar-refractivity contribution in [2.75, 3.05) is 44.2 Å². The number of hydrogen-bond donors (Lipinski definition) is 0. The van der Waals surface area contributed by atoms with Crippen molar-refractivity contribution in [2.24, 2.45) is 0 Å². The van der Waals surface area contributed by atoms with Crippen LogP contribution in [0.2, 0.25) is 5.02 Å². The van der Waals surface area contributed by atoms with E-state index >= 15 is 0 Å². The summed E-state index contributed by atoms with van der Waals surface area (Å²) >= 11 is 6.04. The Morgan fingerprint density at radius 3 is 2.38 bits per heavy atom. The summed E-state index contributed by atoms with van der Waals surface area (Å²) in [5, 5.41) is 0.441. The second kappa shape index (κ2) is 8.99. The molecule has 2 amide bonds. The first-order valence-corrected chi connectivity index (χ1v) is 10.5. The fraction of sp³-hybridized carbons (Fsp3) is 0.364. The van der Waals surface area contributed by atoms with E-state index in [0.29, 0.717) is 49.2 Å². The number of hydrogen-bond acceptors (Lipinski definition) is 4. The molecule has 0 bridgehead atoms. The van der Waals surface area contributed by atoms with Crippen LogP contribution in [0.15, 0.2) is 42.5 Å². The van der Waals surface area contributed by atoms with Gasteiger partial charge in [0, 0.05) is 37.7 Å². The molecular formula is C22H21ClF3N3O3. The van der Waals surface area contributed by atoms with E-state index in [0.717, 1.165) is 17.7 Å². The number of halogens is 4. The van der Waals surface area contributed by atoms with Crippen LogP contribution in [0, 0.1) is 0 Å². The molecule has 0 unspecified atom stereocenters. The monoisotopic (exact) mass is 467 g/mol. The van der Waals surface area contributed by atoms with Gasteiger partial charge in [-0.3, -0.25) is 19.4 Å². The molecule has 0 aliphatic carbocycles. The maximum atomic E-state index is 12.8. The Kier molecular flexibility index (Phi) is 6.30. The van der Waals surface area contributed by atoms with Crippen molar-refractivity contribution in [3.8, 4) is 5.75 Å². The van der Waals surface area contributed by atoms with Gasteiger partial charge >= 0.3 is 6.18 Å². The number of rotatable bonds is 4. The molecule has 2 aliphatic heterocycles. The highest BCUT2D eigenvalue weighted by Gasteiger charge is 2.31. The van der Waals surface area contributed by atoms with Crippen molar-refractivity contribution in [3.05, 3.63) is 58.6 Å². The highest BCUT2D eigenvalue weighted by Crippen LogP contribution is 2.34. The lowest BCUT2D eigenvalue weighted by Crippen LogP contribution is -2.52. The summed E-state index contributed by atoms with van der Waals surface area (Å²) in [6, 6.07) is 10.0. The van der Waals surface area contributed by atoms with Gasteiger partial charge in [-0.1, -0.05) is 23.7 Å². The average molecular weight is 468 g/mol. The predicted molar refractivity (Wildman–Crippen MR) is 113 cm³/mol. The minimum Gasteiger partial charge on any atom is -0.482 e. The third kappa shape index (κ3) is 4.99. The number of carbonyl (C=O) groups excluding carboxylic acids is 2. The molecule has 0 saturated carbocycles. The first-order chi connectivity index (χ1) is 15.2. The normalized spacial score (nSPS) is 17.2. The Balaban J connectivity index is 1.32. The smallest absolute Gasteiger partial charge is 0.416 e.